The molecule has 4 rings (SSSR count). The molecule has 6 nitrogen and oxygen atoms in total. The summed E-state index contributed by atoms with van der Waals surface area (Å²) in [5.41, 5.74) is 1.62. The Morgan fingerprint density at radius 1 is 1.24 bits per heavy atom. The van der Waals surface area contributed by atoms with E-state index in [-0.39, 0.29) is 18.0 Å². The van der Waals surface area contributed by atoms with Crippen molar-refractivity contribution in [3.05, 3.63) is 53.9 Å². The van der Waals surface area contributed by atoms with E-state index in [1.54, 1.807) is 24.0 Å². The van der Waals surface area contributed by atoms with E-state index in [0.717, 1.165) is 25.7 Å². The summed E-state index contributed by atoms with van der Waals surface area (Å²) in [7, 11) is 0. The van der Waals surface area contributed by atoms with Gasteiger partial charge in [-0.05, 0) is 49.8 Å². The molecule has 1 aromatic heterocycles. The molecule has 0 saturated carbocycles. The van der Waals surface area contributed by atoms with Crippen LogP contribution in [0.1, 0.15) is 30.9 Å². The molecule has 2 aromatic rings. The fraction of sp³-hybridized carbons (Fsp3) is 0.421. The lowest BCUT2D eigenvalue weighted by Gasteiger charge is -2.26. The highest BCUT2D eigenvalue weighted by Crippen LogP contribution is 2.29. The van der Waals surface area contributed by atoms with Gasteiger partial charge in [0.2, 0.25) is 0 Å². The third-order valence-corrected chi connectivity index (χ3v) is 5.25. The number of hydrogen-bond acceptors (Lipinski definition) is 3. The van der Waals surface area contributed by atoms with Gasteiger partial charge in [-0.25, -0.2) is 4.79 Å². The van der Waals surface area contributed by atoms with Crippen LogP contribution < -0.4 is 5.32 Å². The lowest BCUT2D eigenvalue weighted by Crippen LogP contribution is -2.48. The number of nitrogens with one attached hydrogen (secondary N) is 1. The van der Waals surface area contributed by atoms with Gasteiger partial charge in [-0.2, -0.15) is 5.10 Å². The number of hydrogen-bond donors (Lipinski definition) is 1. The normalized spacial score (nSPS) is 26.3. The first-order valence-electron chi connectivity index (χ1n) is 8.77. The van der Waals surface area contributed by atoms with Crippen LogP contribution in [0.15, 0.2) is 42.7 Å². The summed E-state index contributed by atoms with van der Waals surface area (Å²) >= 11 is 0. The van der Waals surface area contributed by atoms with Gasteiger partial charge in [0.1, 0.15) is 5.54 Å². The van der Waals surface area contributed by atoms with E-state index in [0.29, 0.717) is 6.54 Å². The van der Waals surface area contributed by atoms with E-state index in [2.05, 4.69) is 22.5 Å². The Labute approximate surface area is 146 Å². The fourth-order valence-corrected chi connectivity index (χ4v) is 3.97. The number of aryl methyl sites for hydroxylation is 1. The average Bonchev–Trinajstić information content (AvgIpc) is 3.08. The predicted octanol–water partition coefficient (Wildman–Crippen LogP) is 2.14. The first kappa shape index (κ1) is 15.9. The van der Waals surface area contributed by atoms with Gasteiger partial charge < -0.3 is 5.32 Å². The number of fused-ring (bicyclic) bond motifs is 1. The smallest absolute Gasteiger partial charge is 0.322 e. The Bertz CT molecular complexity index is 802. The number of rotatable bonds is 3. The number of carbonyl (C=O) groups excluding carboxylic acids is 2. The minimum absolute atomic E-state index is 0.0874. The maximum atomic E-state index is 13.1. The van der Waals surface area contributed by atoms with Crippen LogP contribution >= 0.6 is 0 Å². The largest absolute Gasteiger partial charge is 0.325 e. The quantitative estimate of drug-likeness (QED) is 0.689. The molecule has 6 heteroatoms. The van der Waals surface area contributed by atoms with E-state index in [1.807, 2.05) is 18.2 Å². The topological polar surface area (TPSA) is 67.2 Å². The maximum Gasteiger partial charge on any atom is 0.325 e. The lowest BCUT2D eigenvalue weighted by atomic mass is 9.99. The molecule has 1 fully saturated rings. The number of carbonyl (C=O) groups is 2. The summed E-state index contributed by atoms with van der Waals surface area (Å²) in [5.74, 6) is -0.155. The van der Waals surface area contributed by atoms with Crippen LogP contribution in [0.3, 0.4) is 0 Å². The molecular weight excluding hydrogens is 316 g/mol. The molecule has 2 heterocycles. The van der Waals surface area contributed by atoms with Crippen molar-refractivity contribution in [2.45, 2.75) is 50.7 Å². The average molecular weight is 338 g/mol. The van der Waals surface area contributed by atoms with Gasteiger partial charge in [0.25, 0.3) is 5.91 Å². The van der Waals surface area contributed by atoms with Crippen molar-refractivity contribution in [1.82, 2.24) is 20.0 Å². The van der Waals surface area contributed by atoms with Crippen molar-refractivity contribution in [3.8, 4) is 0 Å². The SMILES string of the molecule is CC1(Cn2cccn2)NC(=O)N(C2CCCc3ccccc3C2)C1=O. The Balaban J connectivity index is 1.58. The molecule has 0 spiro atoms. The molecule has 1 aromatic carbocycles. The molecule has 130 valence electrons. The van der Waals surface area contributed by atoms with Gasteiger partial charge in [-0.3, -0.25) is 14.4 Å². The number of imide groups is 1. The second kappa shape index (κ2) is 6.02. The molecule has 1 N–H and O–H groups in total. The molecule has 1 saturated heterocycles. The molecular formula is C19H22N4O2. The van der Waals surface area contributed by atoms with Gasteiger partial charge in [0.05, 0.1) is 6.54 Å². The monoisotopic (exact) mass is 338 g/mol. The number of urea groups is 1. The molecule has 2 unspecified atom stereocenters. The highest BCUT2D eigenvalue weighted by atomic mass is 16.2. The number of benzene rings is 1. The van der Waals surface area contributed by atoms with Gasteiger partial charge >= 0.3 is 6.03 Å². The minimum Gasteiger partial charge on any atom is -0.322 e. The fourth-order valence-electron chi connectivity index (χ4n) is 3.97. The summed E-state index contributed by atoms with van der Waals surface area (Å²) in [6, 6.07) is 9.76. The third kappa shape index (κ3) is 2.81. The van der Waals surface area contributed by atoms with Gasteiger partial charge in [0.15, 0.2) is 0 Å². The third-order valence-electron chi connectivity index (χ3n) is 5.25. The van der Waals surface area contributed by atoms with Crippen LogP contribution in [0.5, 0.6) is 0 Å². The van der Waals surface area contributed by atoms with Crippen molar-refractivity contribution in [2.75, 3.05) is 0 Å². The summed E-state index contributed by atoms with van der Waals surface area (Å²) < 4.78 is 1.68. The molecule has 2 aliphatic rings. The molecule has 2 atom stereocenters. The van der Waals surface area contributed by atoms with Crippen LogP contribution in [-0.2, 0) is 24.2 Å². The van der Waals surface area contributed by atoms with Crippen LogP contribution in [0, 0.1) is 0 Å². The molecule has 1 aliphatic heterocycles. The van der Waals surface area contributed by atoms with Gasteiger partial charge in [0, 0.05) is 18.4 Å². The van der Waals surface area contributed by atoms with E-state index >= 15 is 0 Å². The Hall–Kier alpha value is -2.63. The summed E-state index contributed by atoms with van der Waals surface area (Å²) in [5, 5.41) is 7.05. The molecule has 3 amide bonds. The van der Waals surface area contributed by atoms with E-state index < -0.39 is 5.54 Å². The summed E-state index contributed by atoms with van der Waals surface area (Å²) in [4.78, 5) is 27.2. The lowest BCUT2D eigenvalue weighted by molar-refractivity contribution is -0.133. The first-order valence-corrected chi connectivity index (χ1v) is 8.77. The highest BCUT2D eigenvalue weighted by Gasteiger charge is 2.50. The molecule has 0 bridgehead atoms. The Morgan fingerprint density at radius 2 is 2.04 bits per heavy atom. The van der Waals surface area contributed by atoms with Crippen LogP contribution in [0.25, 0.3) is 0 Å². The van der Waals surface area contributed by atoms with Crippen molar-refractivity contribution < 1.29 is 9.59 Å². The van der Waals surface area contributed by atoms with E-state index in [4.69, 9.17) is 0 Å². The molecule has 25 heavy (non-hydrogen) atoms. The number of amides is 3. The van der Waals surface area contributed by atoms with Gasteiger partial charge in [-0.15, -0.1) is 0 Å². The second-order valence-corrected chi connectivity index (χ2v) is 7.16. The molecule has 1 aliphatic carbocycles. The molecule has 0 radical (unpaired) electrons. The van der Waals surface area contributed by atoms with Crippen molar-refractivity contribution >= 4 is 11.9 Å². The maximum absolute atomic E-state index is 13.1. The van der Waals surface area contributed by atoms with E-state index in [1.165, 1.54) is 16.0 Å². The van der Waals surface area contributed by atoms with Crippen LogP contribution in [-0.4, -0.2) is 38.2 Å². The van der Waals surface area contributed by atoms with Crippen LogP contribution in [0.2, 0.25) is 0 Å². The van der Waals surface area contributed by atoms with Crippen molar-refractivity contribution in [3.63, 3.8) is 0 Å². The summed E-state index contributed by atoms with van der Waals surface area (Å²) in [6.07, 6.45) is 7.02. The van der Waals surface area contributed by atoms with Crippen molar-refractivity contribution in [2.24, 2.45) is 0 Å². The van der Waals surface area contributed by atoms with Gasteiger partial charge in [-0.1, -0.05) is 24.3 Å². The highest BCUT2D eigenvalue weighted by molar-refractivity contribution is 6.07. The zero-order valence-corrected chi connectivity index (χ0v) is 14.3. The van der Waals surface area contributed by atoms with Crippen LogP contribution in [0.4, 0.5) is 4.79 Å². The van der Waals surface area contributed by atoms with E-state index in [9.17, 15) is 9.59 Å². The predicted molar refractivity (Wildman–Crippen MR) is 92.9 cm³/mol. The standard InChI is InChI=1S/C19H22N4O2/c1-19(13-22-11-5-10-20-22)17(24)23(18(25)21-19)16-9-4-8-14-6-2-3-7-15(14)12-16/h2-3,5-7,10-11,16H,4,8-9,12-13H2,1H3,(H,21,25). The number of nitrogens with zero attached hydrogens (tertiary/aromatic N) is 3. The number of aromatic nitrogens is 2. The zero-order chi connectivity index (χ0) is 17.4. The second-order valence-electron chi connectivity index (χ2n) is 7.16. The first-order chi connectivity index (χ1) is 12.1. The summed E-state index contributed by atoms with van der Waals surface area (Å²) in [6.45, 7) is 2.12. The Kier molecular flexibility index (Phi) is 3.82. The van der Waals surface area contributed by atoms with Crippen molar-refractivity contribution in [1.29, 1.82) is 0 Å². The Morgan fingerprint density at radius 3 is 2.80 bits per heavy atom. The zero-order valence-electron chi connectivity index (χ0n) is 14.3. The minimum atomic E-state index is -0.949.